The molecule has 1 rings (SSSR count). The summed E-state index contributed by atoms with van der Waals surface area (Å²) in [6, 6.07) is 0. The van der Waals surface area contributed by atoms with Crippen LogP contribution in [0, 0.1) is 5.41 Å². The molecule has 0 bridgehead atoms. The molecule has 116 valence electrons. The first kappa shape index (κ1) is 17.2. The number of nitrogens with zero attached hydrogens (tertiary/aromatic N) is 2. The van der Waals surface area contributed by atoms with Crippen molar-refractivity contribution < 1.29 is 13.5 Å². The fourth-order valence-corrected chi connectivity index (χ4v) is 3.62. The lowest BCUT2D eigenvalue weighted by atomic mass is 9.90. The smallest absolute Gasteiger partial charge is 0.249 e. The number of sulfonamides is 1. The van der Waals surface area contributed by atoms with Gasteiger partial charge in [-0.3, -0.25) is 0 Å². The van der Waals surface area contributed by atoms with E-state index < -0.39 is 10.0 Å². The summed E-state index contributed by atoms with van der Waals surface area (Å²) in [7, 11) is -0.730. The maximum Gasteiger partial charge on any atom is 0.249 e. The minimum atomic E-state index is -3.63. The predicted molar refractivity (Wildman–Crippen MR) is 81.4 cm³/mol. The highest BCUT2D eigenvalue weighted by atomic mass is 32.2. The fourth-order valence-electron chi connectivity index (χ4n) is 1.55. The Balaban J connectivity index is 3.00. The third kappa shape index (κ3) is 3.81. The van der Waals surface area contributed by atoms with Gasteiger partial charge in [-0.1, -0.05) is 13.8 Å². The summed E-state index contributed by atoms with van der Waals surface area (Å²) in [6.07, 6.45) is 0.615. The van der Waals surface area contributed by atoms with Gasteiger partial charge in [0.25, 0.3) is 0 Å². The molecule has 0 aliphatic heterocycles. The van der Waals surface area contributed by atoms with Gasteiger partial charge in [0.15, 0.2) is 10.7 Å². The van der Waals surface area contributed by atoms with Crippen LogP contribution in [0.3, 0.4) is 0 Å². The Morgan fingerprint density at radius 1 is 1.45 bits per heavy atom. The molecular weight excluding hydrogens is 300 g/mol. The van der Waals surface area contributed by atoms with E-state index in [1.54, 1.807) is 0 Å². The lowest BCUT2D eigenvalue weighted by Crippen LogP contribution is -2.26. The molecule has 0 saturated heterocycles. The molecule has 0 aliphatic carbocycles. The number of nitrogen functional groups attached to an aromatic ring is 1. The number of rotatable bonds is 7. The average Bonchev–Trinajstić information content (AvgIpc) is 2.68. The van der Waals surface area contributed by atoms with E-state index in [-0.39, 0.29) is 22.7 Å². The van der Waals surface area contributed by atoms with E-state index in [2.05, 4.69) is 9.69 Å². The molecule has 0 atom stereocenters. The number of hydrogen-bond donors (Lipinski definition) is 3. The van der Waals surface area contributed by atoms with Gasteiger partial charge in [-0.2, -0.15) is 4.37 Å². The van der Waals surface area contributed by atoms with Gasteiger partial charge in [0.2, 0.25) is 10.0 Å². The van der Waals surface area contributed by atoms with Crippen molar-refractivity contribution in [3.8, 4) is 0 Å². The largest absolute Gasteiger partial charge is 0.396 e. The predicted octanol–water partition coefficient (Wildman–Crippen LogP) is 0.796. The monoisotopic (exact) mass is 322 g/mol. The first-order chi connectivity index (χ1) is 9.12. The second-order valence-corrected chi connectivity index (χ2v) is 8.37. The minimum absolute atomic E-state index is 0.00571. The van der Waals surface area contributed by atoms with Gasteiger partial charge < -0.3 is 16.2 Å². The van der Waals surface area contributed by atoms with Gasteiger partial charge in [-0.15, -0.1) is 0 Å². The number of aromatic nitrogens is 1. The summed E-state index contributed by atoms with van der Waals surface area (Å²) in [6.45, 7) is 4.58. The van der Waals surface area contributed by atoms with Crippen LogP contribution in [-0.2, 0) is 10.0 Å². The molecule has 0 aliphatic rings. The molecule has 0 spiro atoms. The Hall–Kier alpha value is -0.900. The zero-order valence-corrected chi connectivity index (χ0v) is 13.8. The van der Waals surface area contributed by atoms with Crippen molar-refractivity contribution >= 4 is 32.4 Å². The number of aliphatic hydroxyl groups excluding tert-OH is 1. The van der Waals surface area contributed by atoms with Crippen LogP contribution in [0.1, 0.15) is 20.3 Å². The number of nitrogens with two attached hydrogens (primary N) is 1. The van der Waals surface area contributed by atoms with Gasteiger partial charge in [-0.05, 0) is 23.4 Å². The van der Waals surface area contributed by atoms with Crippen LogP contribution >= 0.6 is 11.5 Å². The molecule has 1 heterocycles. The summed E-state index contributed by atoms with van der Waals surface area (Å²) in [5, 5.41) is 12.5. The number of aliphatic hydroxyl groups is 1. The number of nitrogens with one attached hydrogen (secondary N) is 1. The van der Waals surface area contributed by atoms with Crippen LogP contribution in [0.5, 0.6) is 0 Å². The first-order valence-electron chi connectivity index (χ1n) is 6.14. The van der Waals surface area contributed by atoms with Crippen LogP contribution in [-0.4, -0.2) is 49.5 Å². The zero-order chi connectivity index (χ0) is 15.6. The van der Waals surface area contributed by atoms with Crippen molar-refractivity contribution in [1.29, 1.82) is 0 Å². The van der Waals surface area contributed by atoms with E-state index >= 15 is 0 Å². The highest BCUT2D eigenvalue weighted by molar-refractivity contribution is 7.89. The molecule has 0 unspecified atom stereocenters. The average molecular weight is 322 g/mol. The molecule has 0 aromatic carbocycles. The molecule has 0 saturated carbocycles. The first-order valence-corrected chi connectivity index (χ1v) is 8.35. The molecule has 20 heavy (non-hydrogen) atoms. The lowest BCUT2D eigenvalue weighted by Gasteiger charge is -2.24. The fraction of sp³-hybridized carbons (Fsp3) is 0.727. The van der Waals surface area contributed by atoms with Gasteiger partial charge in [0, 0.05) is 27.2 Å². The topological polar surface area (TPSA) is 109 Å². The van der Waals surface area contributed by atoms with Gasteiger partial charge in [0.05, 0.1) is 0 Å². The van der Waals surface area contributed by atoms with Crippen LogP contribution in [0.25, 0.3) is 0 Å². The molecule has 0 amide bonds. The Morgan fingerprint density at radius 3 is 2.55 bits per heavy atom. The van der Waals surface area contributed by atoms with Crippen LogP contribution in [0.15, 0.2) is 4.90 Å². The van der Waals surface area contributed by atoms with E-state index in [0.29, 0.717) is 18.0 Å². The quantitative estimate of drug-likeness (QED) is 0.685. The maximum atomic E-state index is 12.2. The molecule has 9 heteroatoms. The second kappa shape index (κ2) is 6.25. The van der Waals surface area contributed by atoms with Crippen molar-refractivity contribution in [2.24, 2.45) is 5.41 Å². The van der Waals surface area contributed by atoms with Crippen LogP contribution < -0.4 is 11.1 Å². The highest BCUT2D eigenvalue weighted by Gasteiger charge is 2.28. The van der Waals surface area contributed by atoms with Crippen molar-refractivity contribution in [2.75, 3.05) is 38.3 Å². The van der Waals surface area contributed by atoms with E-state index in [9.17, 15) is 8.42 Å². The normalized spacial score (nSPS) is 12.9. The Labute approximate surface area is 124 Å². The summed E-state index contributed by atoms with van der Waals surface area (Å²) in [5.41, 5.74) is 5.52. The van der Waals surface area contributed by atoms with E-state index in [0.717, 1.165) is 15.8 Å². The second-order valence-electron chi connectivity index (χ2n) is 5.50. The third-order valence-corrected chi connectivity index (χ3v) is 5.77. The molecular formula is C11H22N4O3S2. The standard InChI is InChI=1S/C11H22N4O3S2/c1-11(2,5-6-16)7-13-10-8(9(12)14-19-10)20(17,18)15(3)4/h13,16H,5-7H2,1-4H3,(H2,12,14). The van der Waals surface area contributed by atoms with E-state index in [4.69, 9.17) is 10.8 Å². The summed E-state index contributed by atoms with van der Waals surface area (Å²) < 4.78 is 29.5. The van der Waals surface area contributed by atoms with E-state index in [1.807, 2.05) is 13.8 Å². The Bertz CT molecular complexity index is 552. The van der Waals surface area contributed by atoms with Crippen molar-refractivity contribution in [3.63, 3.8) is 0 Å². The lowest BCUT2D eigenvalue weighted by molar-refractivity contribution is 0.220. The molecule has 0 fully saturated rings. The van der Waals surface area contributed by atoms with Crippen LogP contribution in [0.2, 0.25) is 0 Å². The SMILES string of the molecule is CN(C)S(=O)(=O)c1c(N)nsc1NCC(C)(C)CCO. The summed E-state index contributed by atoms with van der Waals surface area (Å²) >= 11 is 1.02. The third-order valence-electron chi connectivity index (χ3n) is 2.93. The number of hydrogen-bond acceptors (Lipinski definition) is 7. The molecule has 4 N–H and O–H groups in total. The molecule has 7 nitrogen and oxygen atoms in total. The molecule has 1 aromatic rings. The van der Waals surface area contributed by atoms with Crippen LogP contribution in [0.4, 0.5) is 10.8 Å². The molecule has 1 aromatic heterocycles. The van der Waals surface area contributed by atoms with Gasteiger partial charge >= 0.3 is 0 Å². The van der Waals surface area contributed by atoms with Crippen molar-refractivity contribution in [3.05, 3.63) is 0 Å². The highest BCUT2D eigenvalue weighted by Crippen LogP contribution is 2.34. The number of anilines is 2. The minimum Gasteiger partial charge on any atom is -0.396 e. The summed E-state index contributed by atoms with van der Waals surface area (Å²) in [5.74, 6) is 0.00571. The van der Waals surface area contributed by atoms with Gasteiger partial charge in [0.1, 0.15) is 5.00 Å². The maximum absolute atomic E-state index is 12.2. The zero-order valence-electron chi connectivity index (χ0n) is 12.2. The van der Waals surface area contributed by atoms with Gasteiger partial charge in [-0.25, -0.2) is 12.7 Å². The Kier molecular flexibility index (Phi) is 5.36. The van der Waals surface area contributed by atoms with Crippen molar-refractivity contribution in [2.45, 2.75) is 25.2 Å². The van der Waals surface area contributed by atoms with Crippen molar-refractivity contribution in [1.82, 2.24) is 8.68 Å². The summed E-state index contributed by atoms with van der Waals surface area (Å²) in [4.78, 5) is 0.0206. The molecule has 0 radical (unpaired) electrons. The van der Waals surface area contributed by atoms with E-state index in [1.165, 1.54) is 14.1 Å². The Morgan fingerprint density at radius 2 is 2.05 bits per heavy atom.